The minimum Gasteiger partial charge on any atom is -0.314 e. The summed E-state index contributed by atoms with van der Waals surface area (Å²) in [5.74, 6) is 0. The zero-order valence-corrected chi connectivity index (χ0v) is 8.37. The third-order valence-corrected chi connectivity index (χ3v) is 3.25. The molecule has 0 bridgehead atoms. The summed E-state index contributed by atoms with van der Waals surface area (Å²) in [7, 11) is 0. The first-order chi connectivity index (χ1) is 6.29. The molecule has 72 valence electrons. The molecule has 1 unspecified atom stereocenters. The summed E-state index contributed by atoms with van der Waals surface area (Å²) in [6, 6.07) is 2.01. The smallest absolute Gasteiger partial charge is 0.127 e. The number of thiophene rings is 1. The van der Waals surface area contributed by atoms with Crippen LogP contribution in [0.15, 0.2) is 16.8 Å². The van der Waals surface area contributed by atoms with Crippen LogP contribution in [-0.4, -0.2) is 18.8 Å². The maximum Gasteiger partial charge on any atom is 0.127 e. The van der Waals surface area contributed by atoms with Gasteiger partial charge in [-0.2, -0.15) is 11.3 Å². The summed E-state index contributed by atoms with van der Waals surface area (Å²) in [5.41, 5.74) is 0.135. The van der Waals surface area contributed by atoms with E-state index in [0.717, 1.165) is 18.5 Å². The number of hydrogen-bond donors (Lipinski definition) is 1. The maximum absolute atomic E-state index is 14.1. The quantitative estimate of drug-likeness (QED) is 0.771. The van der Waals surface area contributed by atoms with Gasteiger partial charge in [0.15, 0.2) is 0 Å². The molecule has 1 aliphatic heterocycles. The topological polar surface area (TPSA) is 12.0 Å². The Labute approximate surface area is 82.0 Å². The molecular weight excluding hydrogens is 185 g/mol. The predicted octanol–water partition coefficient (Wildman–Crippen LogP) is 2.38. The summed E-state index contributed by atoms with van der Waals surface area (Å²) in [4.78, 5) is 0. The average molecular weight is 199 g/mol. The third-order valence-electron chi connectivity index (χ3n) is 2.52. The van der Waals surface area contributed by atoms with Gasteiger partial charge in [0, 0.05) is 13.0 Å². The second kappa shape index (κ2) is 3.76. The van der Waals surface area contributed by atoms with Crippen molar-refractivity contribution in [1.82, 2.24) is 5.32 Å². The molecule has 0 radical (unpaired) electrons. The van der Waals surface area contributed by atoms with Gasteiger partial charge in [0.1, 0.15) is 5.67 Å². The van der Waals surface area contributed by atoms with E-state index in [1.165, 1.54) is 0 Å². The first-order valence-corrected chi connectivity index (χ1v) is 5.64. The van der Waals surface area contributed by atoms with Crippen LogP contribution in [0.4, 0.5) is 4.39 Å². The summed E-state index contributed by atoms with van der Waals surface area (Å²) in [5, 5.41) is 7.16. The van der Waals surface area contributed by atoms with E-state index in [1.54, 1.807) is 11.3 Å². The van der Waals surface area contributed by atoms with Crippen molar-refractivity contribution in [3.05, 3.63) is 22.4 Å². The minimum atomic E-state index is -1.00. The Kier molecular flexibility index (Phi) is 2.65. The van der Waals surface area contributed by atoms with Crippen LogP contribution in [0.2, 0.25) is 0 Å². The highest BCUT2D eigenvalue weighted by Gasteiger charge is 2.31. The van der Waals surface area contributed by atoms with Gasteiger partial charge in [-0.15, -0.1) is 0 Å². The van der Waals surface area contributed by atoms with E-state index in [0.29, 0.717) is 19.4 Å². The number of hydrogen-bond acceptors (Lipinski definition) is 2. The van der Waals surface area contributed by atoms with Crippen LogP contribution >= 0.6 is 11.3 Å². The number of alkyl halides is 1. The van der Waals surface area contributed by atoms with Gasteiger partial charge in [0.2, 0.25) is 0 Å². The summed E-state index contributed by atoms with van der Waals surface area (Å²) < 4.78 is 14.1. The van der Waals surface area contributed by atoms with Crippen LogP contribution in [0.1, 0.15) is 18.4 Å². The molecule has 2 heterocycles. The van der Waals surface area contributed by atoms with E-state index in [9.17, 15) is 4.39 Å². The van der Waals surface area contributed by atoms with Gasteiger partial charge in [-0.05, 0) is 41.8 Å². The molecule has 1 N–H and O–H groups in total. The van der Waals surface area contributed by atoms with Crippen LogP contribution in [0.5, 0.6) is 0 Å². The molecule has 0 saturated carbocycles. The second-order valence-corrected chi connectivity index (χ2v) is 4.52. The molecule has 2 rings (SSSR count). The third kappa shape index (κ3) is 2.29. The fraction of sp³-hybridized carbons (Fsp3) is 0.600. The van der Waals surface area contributed by atoms with E-state index >= 15 is 0 Å². The number of halogens is 1. The fourth-order valence-electron chi connectivity index (χ4n) is 1.84. The highest BCUT2D eigenvalue weighted by Crippen LogP contribution is 2.26. The molecule has 0 amide bonds. The highest BCUT2D eigenvalue weighted by molar-refractivity contribution is 7.07. The molecule has 0 aliphatic carbocycles. The Balaban J connectivity index is 1.99. The molecule has 3 heteroatoms. The molecule has 1 saturated heterocycles. The zero-order chi connectivity index (χ0) is 9.15. The second-order valence-electron chi connectivity index (χ2n) is 3.74. The maximum atomic E-state index is 14.1. The van der Waals surface area contributed by atoms with Gasteiger partial charge in [-0.3, -0.25) is 0 Å². The van der Waals surface area contributed by atoms with Gasteiger partial charge in [-0.25, -0.2) is 4.39 Å². The molecular formula is C10H14FNS. The largest absolute Gasteiger partial charge is 0.314 e. The van der Waals surface area contributed by atoms with Crippen molar-refractivity contribution in [3.8, 4) is 0 Å². The summed E-state index contributed by atoms with van der Waals surface area (Å²) in [6.45, 7) is 1.48. The monoisotopic (exact) mass is 199 g/mol. The van der Waals surface area contributed by atoms with E-state index in [4.69, 9.17) is 0 Å². The number of rotatable bonds is 2. The molecule has 1 aromatic heterocycles. The lowest BCUT2D eigenvalue weighted by Crippen LogP contribution is -2.43. The molecule has 1 fully saturated rings. The molecule has 0 aromatic carbocycles. The summed E-state index contributed by atoms with van der Waals surface area (Å²) >= 11 is 1.64. The van der Waals surface area contributed by atoms with Crippen molar-refractivity contribution in [1.29, 1.82) is 0 Å². The van der Waals surface area contributed by atoms with Gasteiger partial charge < -0.3 is 5.32 Å². The number of piperidine rings is 1. The Morgan fingerprint density at radius 1 is 1.62 bits per heavy atom. The average Bonchev–Trinajstić information content (AvgIpc) is 2.57. The van der Waals surface area contributed by atoms with Gasteiger partial charge in [-0.1, -0.05) is 0 Å². The van der Waals surface area contributed by atoms with Crippen molar-refractivity contribution in [2.75, 3.05) is 13.1 Å². The Hall–Kier alpha value is -0.410. The normalized spacial score (nSPS) is 29.0. The van der Waals surface area contributed by atoms with Gasteiger partial charge in [0.25, 0.3) is 0 Å². The zero-order valence-electron chi connectivity index (χ0n) is 7.55. The SMILES string of the molecule is FC1(Cc2ccsc2)CCCNC1. The Morgan fingerprint density at radius 3 is 3.15 bits per heavy atom. The standard InChI is InChI=1S/C10H14FNS/c11-10(3-1-4-12-8-10)6-9-2-5-13-7-9/h2,5,7,12H,1,3-4,6,8H2. The lowest BCUT2D eigenvalue weighted by molar-refractivity contribution is 0.122. The van der Waals surface area contributed by atoms with Crippen LogP contribution in [-0.2, 0) is 6.42 Å². The van der Waals surface area contributed by atoms with Gasteiger partial charge in [0.05, 0.1) is 0 Å². The molecule has 1 aromatic rings. The first-order valence-electron chi connectivity index (χ1n) is 4.69. The van der Waals surface area contributed by atoms with Crippen LogP contribution in [0, 0.1) is 0 Å². The van der Waals surface area contributed by atoms with Crippen LogP contribution in [0.3, 0.4) is 0 Å². The fourth-order valence-corrected chi connectivity index (χ4v) is 2.51. The van der Waals surface area contributed by atoms with Crippen molar-refractivity contribution in [2.24, 2.45) is 0 Å². The van der Waals surface area contributed by atoms with Crippen LogP contribution in [0.25, 0.3) is 0 Å². The predicted molar refractivity (Wildman–Crippen MR) is 54.0 cm³/mol. The lowest BCUT2D eigenvalue weighted by Gasteiger charge is -2.29. The van der Waals surface area contributed by atoms with Crippen molar-refractivity contribution in [2.45, 2.75) is 24.9 Å². The molecule has 13 heavy (non-hydrogen) atoms. The molecule has 0 spiro atoms. The van der Waals surface area contributed by atoms with Gasteiger partial charge >= 0.3 is 0 Å². The van der Waals surface area contributed by atoms with Crippen molar-refractivity contribution >= 4 is 11.3 Å². The van der Waals surface area contributed by atoms with Crippen molar-refractivity contribution in [3.63, 3.8) is 0 Å². The Bertz CT molecular complexity index is 252. The van der Waals surface area contributed by atoms with E-state index < -0.39 is 5.67 Å². The first kappa shape index (κ1) is 9.16. The van der Waals surface area contributed by atoms with Crippen molar-refractivity contribution < 1.29 is 4.39 Å². The lowest BCUT2D eigenvalue weighted by atomic mass is 9.90. The van der Waals surface area contributed by atoms with E-state index in [2.05, 4.69) is 5.32 Å². The summed E-state index contributed by atoms with van der Waals surface area (Å²) in [6.07, 6.45) is 2.24. The molecule has 1 atom stereocenters. The van der Waals surface area contributed by atoms with E-state index in [-0.39, 0.29) is 0 Å². The number of nitrogens with one attached hydrogen (secondary N) is 1. The highest BCUT2D eigenvalue weighted by atomic mass is 32.1. The van der Waals surface area contributed by atoms with E-state index in [1.807, 2.05) is 16.8 Å². The molecule has 1 nitrogen and oxygen atoms in total. The Morgan fingerprint density at radius 2 is 2.54 bits per heavy atom. The molecule has 1 aliphatic rings. The van der Waals surface area contributed by atoms with Crippen LogP contribution < -0.4 is 5.32 Å². The minimum absolute atomic E-state index is 0.517.